The van der Waals surface area contributed by atoms with Crippen molar-refractivity contribution in [3.63, 3.8) is 0 Å². The van der Waals surface area contributed by atoms with Gasteiger partial charge in [-0.05, 0) is 20.8 Å². The van der Waals surface area contributed by atoms with Gasteiger partial charge in [0.15, 0.2) is 6.61 Å². The second-order valence-corrected chi connectivity index (χ2v) is 2.82. The number of aliphatic hydroxyl groups is 1. The maximum absolute atomic E-state index is 10.8. The summed E-state index contributed by atoms with van der Waals surface area (Å²) in [4.78, 5) is 21.5. The Balaban J connectivity index is 3.64. The fraction of sp³-hybridized carbons (Fsp3) is 0.750. The molecule has 0 aliphatic rings. The summed E-state index contributed by atoms with van der Waals surface area (Å²) in [7, 11) is 0. The minimum Gasteiger partial charge on any atom is -0.460 e. The second-order valence-electron chi connectivity index (χ2n) is 2.82. The normalized spacial score (nSPS) is 12.4. The van der Waals surface area contributed by atoms with Gasteiger partial charge in [0.05, 0.1) is 6.10 Å². The zero-order valence-corrected chi connectivity index (χ0v) is 7.94. The molecule has 13 heavy (non-hydrogen) atoms. The number of ether oxygens (including phenoxy) is 2. The molecule has 1 atom stereocenters. The summed E-state index contributed by atoms with van der Waals surface area (Å²) in [6.45, 7) is 4.18. The van der Waals surface area contributed by atoms with Gasteiger partial charge in [0.1, 0.15) is 6.10 Å². The number of hydrogen-bond acceptors (Lipinski definition) is 5. The van der Waals surface area contributed by atoms with Crippen LogP contribution in [0.15, 0.2) is 0 Å². The van der Waals surface area contributed by atoms with Gasteiger partial charge in [-0.25, -0.2) is 9.59 Å². The number of carbonyl (C=O) groups is 2. The van der Waals surface area contributed by atoms with Crippen molar-refractivity contribution in [2.24, 2.45) is 0 Å². The molecule has 0 unspecified atom stereocenters. The lowest BCUT2D eigenvalue weighted by Gasteiger charge is -2.08. The van der Waals surface area contributed by atoms with E-state index in [0.717, 1.165) is 0 Å². The second kappa shape index (κ2) is 5.53. The topological polar surface area (TPSA) is 72.8 Å². The monoisotopic (exact) mass is 190 g/mol. The molecule has 0 saturated heterocycles. The summed E-state index contributed by atoms with van der Waals surface area (Å²) in [6, 6.07) is 0. The lowest BCUT2D eigenvalue weighted by molar-refractivity contribution is -0.165. The highest BCUT2D eigenvalue weighted by Crippen LogP contribution is 1.92. The third kappa shape index (κ3) is 6.10. The smallest absolute Gasteiger partial charge is 0.344 e. The van der Waals surface area contributed by atoms with Crippen molar-refractivity contribution < 1.29 is 24.2 Å². The molecule has 0 heterocycles. The van der Waals surface area contributed by atoms with Crippen LogP contribution in [0.1, 0.15) is 20.8 Å². The number of hydrogen-bond donors (Lipinski definition) is 1. The van der Waals surface area contributed by atoms with E-state index in [1.807, 2.05) is 0 Å². The van der Waals surface area contributed by atoms with Crippen molar-refractivity contribution in [1.29, 1.82) is 0 Å². The molecule has 0 aliphatic carbocycles. The molecule has 1 N–H and O–H groups in total. The van der Waals surface area contributed by atoms with Crippen LogP contribution in [0.4, 0.5) is 0 Å². The van der Waals surface area contributed by atoms with Crippen molar-refractivity contribution >= 4 is 11.9 Å². The highest BCUT2D eigenvalue weighted by molar-refractivity contribution is 5.78. The van der Waals surface area contributed by atoms with Gasteiger partial charge in [0.2, 0.25) is 0 Å². The van der Waals surface area contributed by atoms with Gasteiger partial charge in [0.25, 0.3) is 0 Å². The molecule has 0 amide bonds. The van der Waals surface area contributed by atoms with Crippen molar-refractivity contribution in [2.75, 3.05) is 6.61 Å². The van der Waals surface area contributed by atoms with Gasteiger partial charge in [-0.2, -0.15) is 0 Å². The Morgan fingerprint density at radius 2 is 1.85 bits per heavy atom. The van der Waals surface area contributed by atoms with E-state index in [4.69, 9.17) is 5.11 Å². The van der Waals surface area contributed by atoms with Gasteiger partial charge >= 0.3 is 11.9 Å². The lowest BCUT2D eigenvalue weighted by atomic mass is 10.4. The molecule has 5 nitrogen and oxygen atoms in total. The third-order valence-corrected chi connectivity index (χ3v) is 1.04. The Labute approximate surface area is 76.6 Å². The van der Waals surface area contributed by atoms with Crippen LogP contribution in [0.5, 0.6) is 0 Å². The first-order chi connectivity index (χ1) is 5.93. The molecule has 5 heteroatoms. The van der Waals surface area contributed by atoms with Gasteiger partial charge in [-0.3, -0.25) is 0 Å². The van der Waals surface area contributed by atoms with Gasteiger partial charge in [-0.1, -0.05) is 0 Å². The summed E-state index contributed by atoms with van der Waals surface area (Å²) in [5, 5.41) is 8.69. The van der Waals surface area contributed by atoms with Crippen LogP contribution in [-0.4, -0.2) is 35.9 Å². The summed E-state index contributed by atoms with van der Waals surface area (Å²) < 4.78 is 9.09. The average Bonchev–Trinajstić information content (AvgIpc) is 1.98. The van der Waals surface area contributed by atoms with Crippen molar-refractivity contribution in [2.45, 2.75) is 33.0 Å². The number of esters is 2. The molecule has 0 rings (SSSR count). The number of carbonyl (C=O) groups excluding carboxylic acids is 2. The first kappa shape index (κ1) is 11.9. The molecule has 0 aliphatic heterocycles. The minimum atomic E-state index is -1.22. The molecule has 0 aromatic heterocycles. The van der Waals surface area contributed by atoms with E-state index < -0.39 is 24.6 Å². The molecular formula is C8H14O5. The molecule has 0 fully saturated rings. The van der Waals surface area contributed by atoms with E-state index in [1.54, 1.807) is 13.8 Å². The average molecular weight is 190 g/mol. The summed E-state index contributed by atoms with van der Waals surface area (Å²) in [5.74, 6) is -1.45. The predicted molar refractivity (Wildman–Crippen MR) is 43.9 cm³/mol. The highest BCUT2D eigenvalue weighted by atomic mass is 16.6. The summed E-state index contributed by atoms with van der Waals surface area (Å²) in [5.41, 5.74) is 0. The van der Waals surface area contributed by atoms with E-state index in [1.165, 1.54) is 6.92 Å². The van der Waals surface area contributed by atoms with Crippen LogP contribution < -0.4 is 0 Å². The van der Waals surface area contributed by atoms with E-state index in [0.29, 0.717) is 0 Å². The molecular weight excluding hydrogens is 176 g/mol. The van der Waals surface area contributed by atoms with Crippen LogP contribution in [0.2, 0.25) is 0 Å². The Hall–Kier alpha value is -1.10. The fourth-order valence-electron chi connectivity index (χ4n) is 0.548. The maximum Gasteiger partial charge on any atom is 0.344 e. The van der Waals surface area contributed by atoms with Crippen LogP contribution in [0.25, 0.3) is 0 Å². The van der Waals surface area contributed by atoms with Crippen LogP contribution in [0.3, 0.4) is 0 Å². The standard InChI is InChI=1S/C8H14O5/c1-5(2)13-7(10)4-12-8(11)6(3)9/h5-6,9H,4H2,1-3H3/t6-/m0/s1. The van der Waals surface area contributed by atoms with E-state index in [-0.39, 0.29) is 6.10 Å². The van der Waals surface area contributed by atoms with E-state index >= 15 is 0 Å². The molecule has 0 saturated carbocycles. The quantitative estimate of drug-likeness (QED) is 0.625. The minimum absolute atomic E-state index is 0.238. The Bertz CT molecular complexity index is 185. The zero-order chi connectivity index (χ0) is 10.4. The van der Waals surface area contributed by atoms with Crippen LogP contribution >= 0.6 is 0 Å². The Kier molecular flexibility index (Phi) is 5.06. The lowest BCUT2D eigenvalue weighted by Crippen LogP contribution is -2.24. The third-order valence-electron chi connectivity index (χ3n) is 1.04. The van der Waals surface area contributed by atoms with E-state index in [9.17, 15) is 9.59 Å². The fourth-order valence-corrected chi connectivity index (χ4v) is 0.548. The Morgan fingerprint density at radius 1 is 1.31 bits per heavy atom. The van der Waals surface area contributed by atoms with E-state index in [2.05, 4.69) is 9.47 Å². The molecule has 0 aromatic carbocycles. The Morgan fingerprint density at radius 3 is 2.23 bits per heavy atom. The predicted octanol–water partition coefficient (Wildman–Crippen LogP) is -0.138. The molecule has 0 radical (unpaired) electrons. The SMILES string of the molecule is CC(C)OC(=O)COC(=O)[C@H](C)O. The molecule has 0 bridgehead atoms. The first-order valence-corrected chi connectivity index (χ1v) is 3.97. The number of rotatable bonds is 4. The van der Waals surface area contributed by atoms with Crippen molar-refractivity contribution in [1.82, 2.24) is 0 Å². The largest absolute Gasteiger partial charge is 0.460 e. The van der Waals surface area contributed by atoms with Crippen molar-refractivity contribution in [3.8, 4) is 0 Å². The van der Waals surface area contributed by atoms with Crippen molar-refractivity contribution in [3.05, 3.63) is 0 Å². The van der Waals surface area contributed by atoms with Crippen LogP contribution in [0, 0.1) is 0 Å². The number of aliphatic hydroxyl groups excluding tert-OH is 1. The molecule has 0 spiro atoms. The van der Waals surface area contributed by atoms with Gasteiger partial charge in [0, 0.05) is 0 Å². The van der Waals surface area contributed by atoms with Crippen LogP contribution in [-0.2, 0) is 19.1 Å². The summed E-state index contributed by atoms with van der Waals surface area (Å²) >= 11 is 0. The van der Waals surface area contributed by atoms with Gasteiger partial charge < -0.3 is 14.6 Å². The molecule has 76 valence electrons. The maximum atomic E-state index is 10.8. The summed E-state index contributed by atoms with van der Waals surface area (Å²) in [6.07, 6.45) is -1.45. The molecule has 0 aromatic rings. The zero-order valence-electron chi connectivity index (χ0n) is 7.94. The highest BCUT2D eigenvalue weighted by Gasteiger charge is 2.13. The first-order valence-electron chi connectivity index (χ1n) is 3.97. The van der Waals surface area contributed by atoms with Gasteiger partial charge in [-0.15, -0.1) is 0 Å².